The summed E-state index contributed by atoms with van der Waals surface area (Å²) in [7, 11) is 3.25. The summed E-state index contributed by atoms with van der Waals surface area (Å²) in [6.07, 6.45) is 0. The molecule has 0 spiro atoms. The van der Waals surface area contributed by atoms with Crippen LogP contribution < -0.4 is 9.47 Å². The average Bonchev–Trinajstić information content (AvgIpc) is 3.19. The first-order valence-electron chi connectivity index (χ1n) is 18.4. The summed E-state index contributed by atoms with van der Waals surface area (Å²) in [6, 6.07) is 19.0. The number of rotatable bonds is 26. The number of carbonyl (C=O) groups excluding carboxylic acids is 2. The fourth-order valence-electron chi connectivity index (χ4n) is 5.60. The first kappa shape index (κ1) is 45.1. The molecule has 0 unspecified atom stereocenters. The van der Waals surface area contributed by atoms with Gasteiger partial charge in [0.15, 0.2) is 0 Å². The number of halogens is 2. The van der Waals surface area contributed by atoms with Crippen LogP contribution in [-0.2, 0) is 37.9 Å². The lowest BCUT2D eigenvalue weighted by molar-refractivity contribution is 0.0177. The molecule has 0 saturated heterocycles. The van der Waals surface area contributed by atoms with Gasteiger partial charge in [0, 0.05) is 23.2 Å². The Balaban J connectivity index is 1.60. The minimum Gasteiger partial charge on any atom is -0.490 e. The molecule has 14 heteroatoms. The van der Waals surface area contributed by atoms with Crippen LogP contribution in [0.2, 0.25) is 0 Å². The molecule has 0 radical (unpaired) electrons. The second-order valence-corrected chi connectivity index (χ2v) is 13.8. The molecule has 0 amide bonds. The number of esters is 2. The van der Waals surface area contributed by atoms with E-state index in [1.165, 1.54) is 0 Å². The number of benzene rings is 4. The van der Waals surface area contributed by atoms with Gasteiger partial charge in [0.25, 0.3) is 0 Å². The number of carbonyl (C=O) groups is 2. The van der Waals surface area contributed by atoms with Crippen molar-refractivity contribution in [2.24, 2.45) is 0 Å². The molecule has 4 aromatic rings. The summed E-state index contributed by atoms with van der Waals surface area (Å²) in [6.45, 7) is 8.80. The Hall–Kier alpha value is -3.60. The summed E-state index contributed by atoms with van der Waals surface area (Å²) in [5.41, 5.74) is 3.87. The molecule has 0 aliphatic carbocycles. The highest BCUT2D eigenvalue weighted by Gasteiger charge is 2.20. The van der Waals surface area contributed by atoms with Crippen molar-refractivity contribution in [2.75, 3.05) is 107 Å². The zero-order chi connectivity index (χ0) is 40.1. The van der Waals surface area contributed by atoms with Gasteiger partial charge >= 0.3 is 11.9 Å². The molecule has 0 bridgehead atoms. The molecule has 0 aromatic heterocycles. The number of hydrogen-bond donors (Lipinski definition) is 0. The molecule has 4 rings (SSSR count). The molecule has 0 fully saturated rings. The smallest absolute Gasteiger partial charge is 0.341 e. The first-order chi connectivity index (χ1) is 27.3. The fraction of sp³-hybridized carbons (Fsp3) is 0.429. The van der Waals surface area contributed by atoms with Crippen LogP contribution in [0.3, 0.4) is 0 Å². The quantitative estimate of drug-likeness (QED) is 0.0446. The van der Waals surface area contributed by atoms with Crippen molar-refractivity contribution in [3.05, 3.63) is 80.7 Å². The SMILES string of the molecule is CCOC(=O)c1cc(-c2cc(Br)cc3c(-c4ccc(OCCOCCOCCOC)c(C(=O)OCC)c4)cc(Br)cc23)ccc1OCCOCCOCCOC. The van der Waals surface area contributed by atoms with Crippen LogP contribution in [0, 0.1) is 0 Å². The summed E-state index contributed by atoms with van der Waals surface area (Å²) >= 11 is 7.44. The van der Waals surface area contributed by atoms with E-state index in [1.807, 2.05) is 36.4 Å². The Labute approximate surface area is 345 Å². The lowest BCUT2D eigenvalue weighted by atomic mass is 9.91. The minimum atomic E-state index is -0.495. The lowest BCUT2D eigenvalue weighted by Gasteiger charge is -2.17. The Morgan fingerprint density at radius 3 is 1.20 bits per heavy atom. The Bertz CT molecular complexity index is 1720. The third kappa shape index (κ3) is 13.8. The largest absolute Gasteiger partial charge is 0.490 e. The number of methoxy groups -OCH3 is 2. The number of hydrogen-bond acceptors (Lipinski definition) is 12. The molecule has 0 heterocycles. The van der Waals surface area contributed by atoms with E-state index in [0.29, 0.717) is 88.7 Å². The van der Waals surface area contributed by atoms with Gasteiger partial charge in [-0.15, -0.1) is 0 Å². The van der Waals surface area contributed by atoms with Gasteiger partial charge in [-0.05, 0) is 95.4 Å². The van der Waals surface area contributed by atoms with E-state index in [9.17, 15) is 9.59 Å². The molecular formula is C42H50Br2O12. The van der Waals surface area contributed by atoms with E-state index in [4.69, 9.17) is 47.4 Å². The van der Waals surface area contributed by atoms with Crippen molar-refractivity contribution >= 4 is 54.6 Å². The second-order valence-electron chi connectivity index (χ2n) is 12.0. The highest BCUT2D eigenvalue weighted by Crippen LogP contribution is 2.41. The second kappa shape index (κ2) is 24.9. The van der Waals surface area contributed by atoms with Gasteiger partial charge < -0.3 is 47.4 Å². The van der Waals surface area contributed by atoms with Crippen LogP contribution in [0.5, 0.6) is 11.5 Å². The number of fused-ring (bicyclic) bond motifs is 1. The molecule has 0 N–H and O–H groups in total. The van der Waals surface area contributed by atoms with Crippen molar-refractivity contribution in [3.8, 4) is 33.8 Å². The topological polar surface area (TPSA) is 126 Å². The molecule has 56 heavy (non-hydrogen) atoms. The lowest BCUT2D eigenvalue weighted by Crippen LogP contribution is -2.14. The predicted octanol–water partition coefficient (Wildman–Crippen LogP) is 8.17. The van der Waals surface area contributed by atoms with E-state index in [0.717, 1.165) is 42.0 Å². The van der Waals surface area contributed by atoms with E-state index in [1.54, 1.807) is 52.3 Å². The molecule has 0 aliphatic heterocycles. The van der Waals surface area contributed by atoms with Crippen molar-refractivity contribution in [1.29, 1.82) is 0 Å². The van der Waals surface area contributed by atoms with Crippen molar-refractivity contribution < 1.29 is 57.0 Å². The van der Waals surface area contributed by atoms with E-state index < -0.39 is 11.9 Å². The summed E-state index contributed by atoms with van der Waals surface area (Å²) in [5.74, 6) is -0.211. The summed E-state index contributed by atoms with van der Waals surface area (Å²) in [5, 5.41) is 1.81. The molecule has 12 nitrogen and oxygen atoms in total. The Kier molecular flexibility index (Phi) is 20.1. The molecule has 4 aromatic carbocycles. The predicted molar refractivity (Wildman–Crippen MR) is 220 cm³/mol. The maximum Gasteiger partial charge on any atom is 0.341 e. The van der Waals surface area contributed by atoms with Crippen LogP contribution in [0.15, 0.2) is 69.6 Å². The van der Waals surface area contributed by atoms with Crippen molar-refractivity contribution in [2.45, 2.75) is 13.8 Å². The minimum absolute atomic E-state index is 0.210. The third-order valence-corrected chi connectivity index (χ3v) is 9.06. The van der Waals surface area contributed by atoms with E-state index >= 15 is 0 Å². The molecular weight excluding hydrogens is 856 g/mol. The van der Waals surface area contributed by atoms with Gasteiger partial charge in [-0.3, -0.25) is 0 Å². The summed E-state index contributed by atoms with van der Waals surface area (Å²) < 4.78 is 56.5. The zero-order valence-corrected chi connectivity index (χ0v) is 35.5. The standard InChI is InChI=1S/C42H50Br2O12/c1-5-53-41(45)37-23-29(7-9-39(37)55-21-19-51-17-15-49-13-11-47-3)33-25-31(43)28-36-34(26-32(44)27-35(33)36)30-8-10-40(38(24-30)42(46)54-6-2)56-22-20-52-18-16-50-14-12-48-4/h7-10,23-28H,5-6,11-22H2,1-4H3. The van der Waals surface area contributed by atoms with Gasteiger partial charge in [0.1, 0.15) is 35.8 Å². The summed E-state index contributed by atoms with van der Waals surface area (Å²) in [4.78, 5) is 26.4. The van der Waals surface area contributed by atoms with Crippen LogP contribution >= 0.6 is 31.9 Å². The van der Waals surface area contributed by atoms with Crippen LogP contribution in [-0.4, -0.2) is 119 Å². The zero-order valence-electron chi connectivity index (χ0n) is 32.3. The van der Waals surface area contributed by atoms with Gasteiger partial charge in [-0.1, -0.05) is 44.0 Å². The van der Waals surface area contributed by atoms with Gasteiger partial charge in [-0.2, -0.15) is 0 Å². The Morgan fingerprint density at radius 2 is 0.839 bits per heavy atom. The fourth-order valence-corrected chi connectivity index (χ4v) is 6.52. The van der Waals surface area contributed by atoms with Gasteiger partial charge in [0.05, 0.1) is 79.3 Å². The third-order valence-electron chi connectivity index (χ3n) is 8.15. The molecule has 304 valence electrons. The van der Waals surface area contributed by atoms with Crippen LogP contribution in [0.1, 0.15) is 34.6 Å². The maximum absolute atomic E-state index is 13.2. The highest BCUT2D eigenvalue weighted by atomic mass is 79.9. The first-order valence-corrected chi connectivity index (χ1v) is 20.0. The monoisotopic (exact) mass is 904 g/mol. The molecule has 0 saturated carbocycles. The normalized spacial score (nSPS) is 11.2. The van der Waals surface area contributed by atoms with E-state index in [2.05, 4.69) is 31.9 Å². The highest BCUT2D eigenvalue weighted by molar-refractivity contribution is 9.10. The van der Waals surface area contributed by atoms with E-state index in [-0.39, 0.29) is 26.4 Å². The van der Waals surface area contributed by atoms with Crippen molar-refractivity contribution in [1.82, 2.24) is 0 Å². The molecule has 0 aliphatic rings. The molecule has 0 atom stereocenters. The van der Waals surface area contributed by atoms with Gasteiger partial charge in [-0.25, -0.2) is 9.59 Å². The van der Waals surface area contributed by atoms with Gasteiger partial charge in [0.2, 0.25) is 0 Å². The van der Waals surface area contributed by atoms with Crippen LogP contribution in [0.25, 0.3) is 33.0 Å². The van der Waals surface area contributed by atoms with Crippen LogP contribution in [0.4, 0.5) is 0 Å². The maximum atomic E-state index is 13.2. The Morgan fingerprint density at radius 1 is 0.482 bits per heavy atom. The van der Waals surface area contributed by atoms with Crippen molar-refractivity contribution in [3.63, 3.8) is 0 Å². The average molecular weight is 907 g/mol. The number of ether oxygens (including phenoxy) is 10.